The van der Waals surface area contributed by atoms with Gasteiger partial charge >= 0.3 is 0 Å². The molecule has 120 valence electrons. The zero-order chi connectivity index (χ0) is 16.5. The van der Waals surface area contributed by atoms with E-state index in [0.29, 0.717) is 6.54 Å². The third-order valence-corrected chi connectivity index (χ3v) is 5.27. The molecule has 1 saturated carbocycles. The second-order valence-electron chi connectivity index (χ2n) is 6.54. The van der Waals surface area contributed by atoms with Crippen molar-refractivity contribution < 1.29 is 4.79 Å². The molecule has 0 heterocycles. The van der Waals surface area contributed by atoms with Crippen LogP contribution in [0.3, 0.4) is 0 Å². The summed E-state index contributed by atoms with van der Waals surface area (Å²) < 4.78 is 0.971. The van der Waals surface area contributed by atoms with E-state index in [-0.39, 0.29) is 11.3 Å². The molecular weight excluding hydrogens is 352 g/mol. The summed E-state index contributed by atoms with van der Waals surface area (Å²) >= 11 is 3.40. The summed E-state index contributed by atoms with van der Waals surface area (Å²) in [5, 5.41) is 3.06. The summed E-state index contributed by atoms with van der Waals surface area (Å²) in [6.45, 7) is 2.40. The van der Waals surface area contributed by atoms with Gasteiger partial charge in [0.25, 0.3) is 0 Å². The van der Waals surface area contributed by atoms with Crippen molar-refractivity contribution in [1.82, 2.24) is 5.32 Å². The van der Waals surface area contributed by atoms with Gasteiger partial charge in [0.05, 0.1) is 0 Å². The predicted molar refractivity (Wildman–Crippen MR) is 96.0 cm³/mol. The van der Waals surface area contributed by atoms with Gasteiger partial charge < -0.3 is 11.1 Å². The van der Waals surface area contributed by atoms with Crippen LogP contribution in [0, 0.1) is 0 Å². The maximum absolute atomic E-state index is 12.6. The zero-order valence-corrected chi connectivity index (χ0v) is 14.8. The Kier molecular flexibility index (Phi) is 4.30. The van der Waals surface area contributed by atoms with Crippen molar-refractivity contribution >= 4 is 21.8 Å². The van der Waals surface area contributed by atoms with Gasteiger partial charge in [-0.15, -0.1) is 0 Å². The van der Waals surface area contributed by atoms with Crippen molar-refractivity contribution in [3.05, 3.63) is 70.2 Å². The lowest BCUT2D eigenvalue weighted by molar-refractivity contribution is -0.126. The molecule has 3 nitrogen and oxygen atoms in total. The van der Waals surface area contributed by atoms with Gasteiger partial charge in [0.15, 0.2) is 0 Å². The number of rotatable bonds is 5. The summed E-state index contributed by atoms with van der Waals surface area (Å²) in [6.07, 6.45) is 2.22. The van der Waals surface area contributed by atoms with Gasteiger partial charge in [-0.25, -0.2) is 0 Å². The van der Waals surface area contributed by atoms with Gasteiger partial charge in [-0.1, -0.05) is 58.4 Å². The smallest absolute Gasteiger partial charge is 0.244 e. The van der Waals surface area contributed by atoms with Crippen molar-refractivity contribution in [1.29, 1.82) is 0 Å². The van der Waals surface area contributed by atoms with E-state index in [2.05, 4.69) is 33.4 Å². The normalized spacial score (nSPS) is 18.0. The Balaban J connectivity index is 1.68. The molecule has 1 amide bonds. The van der Waals surface area contributed by atoms with Gasteiger partial charge in [0.1, 0.15) is 5.54 Å². The van der Waals surface area contributed by atoms with Gasteiger partial charge in [-0.05, 0) is 43.0 Å². The highest BCUT2D eigenvalue weighted by molar-refractivity contribution is 9.10. The highest BCUT2D eigenvalue weighted by atomic mass is 79.9. The van der Waals surface area contributed by atoms with Crippen LogP contribution in [-0.2, 0) is 15.7 Å². The molecule has 0 radical (unpaired) electrons. The van der Waals surface area contributed by atoms with Crippen molar-refractivity contribution in [2.24, 2.45) is 5.73 Å². The molecule has 0 aliphatic heterocycles. The first-order valence-corrected chi connectivity index (χ1v) is 8.62. The Morgan fingerprint density at radius 2 is 1.78 bits per heavy atom. The maximum Gasteiger partial charge on any atom is 0.244 e. The van der Waals surface area contributed by atoms with Crippen molar-refractivity contribution in [3.8, 4) is 0 Å². The van der Waals surface area contributed by atoms with Crippen LogP contribution in [-0.4, -0.2) is 12.5 Å². The van der Waals surface area contributed by atoms with E-state index in [4.69, 9.17) is 5.73 Å². The molecule has 0 saturated heterocycles. The maximum atomic E-state index is 12.6. The summed E-state index contributed by atoms with van der Waals surface area (Å²) in [7, 11) is 0. The Labute approximate surface area is 145 Å². The summed E-state index contributed by atoms with van der Waals surface area (Å²) in [5.74, 6) is -0.137. The van der Waals surface area contributed by atoms with E-state index in [0.717, 1.165) is 22.9 Å². The molecule has 23 heavy (non-hydrogen) atoms. The lowest BCUT2D eigenvalue weighted by Crippen LogP contribution is -2.50. The van der Waals surface area contributed by atoms with Crippen LogP contribution in [0.4, 0.5) is 0 Å². The molecule has 2 aromatic rings. The lowest BCUT2D eigenvalue weighted by Gasteiger charge is -2.26. The van der Waals surface area contributed by atoms with E-state index in [1.165, 1.54) is 5.56 Å². The number of carbonyl (C=O) groups is 1. The van der Waals surface area contributed by atoms with Gasteiger partial charge in [0.2, 0.25) is 5.91 Å². The SMILES string of the molecule is CC(N)(C(=O)NCC1(c2ccccc2)CC1)c1ccc(Br)cc1. The molecular formula is C19H21BrN2O. The molecule has 1 unspecified atom stereocenters. The van der Waals surface area contributed by atoms with Crippen LogP contribution in [0.5, 0.6) is 0 Å². The Morgan fingerprint density at radius 3 is 2.35 bits per heavy atom. The standard InChI is InChI=1S/C19H21BrN2O/c1-18(21,14-7-9-16(20)10-8-14)17(23)22-13-19(11-12-19)15-5-3-2-4-6-15/h2-10H,11-13,21H2,1H3,(H,22,23). The fourth-order valence-corrected chi connectivity index (χ4v) is 3.13. The van der Waals surface area contributed by atoms with Crippen LogP contribution < -0.4 is 11.1 Å². The number of nitrogens with one attached hydrogen (secondary N) is 1. The minimum Gasteiger partial charge on any atom is -0.353 e. The zero-order valence-electron chi connectivity index (χ0n) is 13.2. The Morgan fingerprint density at radius 1 is 1.17 bits per heavy atom. The second-order valence-corrected chi connectivity index (χ2v) is 7.45. The third kappa shape index (κ3) is 3.33. The molecule has 2 aromatic carbocycles. The van der Waals surface area contributed by atoms with Crippen LogP contribution in [0.2, 0.25) is 0 Å². The average Bonchev–Trinajstić information content (AvgIpc) is 3.35. The minimum atomic E-state index is -1.03. The molecule has 1 aliphatic carbocycles. The lowest BCUT2D eigenvalue weighted by atomic mass is 9.91. The highest BCUT2D eigenvalue weighted by Crippen LogP contribution is 2.47. The molecule has 3 rings (SSSR count). The summed E-state index contributed by atoms with van der Waals surface area (Å²) in [5.41, 5.74) is 7.45. The Bertz CT molecular complexity index is 691. The first-order valence-electron chi connectivity index (χ1n) is 7.83. The predicted octanol–water partition coefficient (Wildman–Crippen LogP) is 3.47. The van der Waals surface area contributed by atoms with E-state index < -0.39 is 5.54 Å². The molecule has 1 atom stereocenters. The minimum absolute atomic E-state index is 0.0900. The number of hydrogen-bond acceptors (Lipinski definition) is 2. The molecule has 0 bridgehead atoms. The molecule has 1 fully saturated rings. The van der Waals surface area contributed by atoms with Crippen molar-refractivity contribution in [2.45, 2.75) is 30.7 Å². The molecule has 4 heteroatoms. The molecule has 0 spiro atoms. The molecule has 3 N–H and O–H groups in total. The third-order valence-electron chi connectivity index (χ3n) is 4.74. The second kappa shape index (κ2) is 6.10. The molecule has 1 aliphatic rings. The monoisotopic (exact) mass is 372 g/mol. The van der Waals surface area contributed by atoms with Crippen molar-refractivity contribution in [3.63, 3.8) is 0 Å². The number of amides is 1. The topological polar surface area (TPSA) is 55.1 Å². The fraction of sp³-hybridized carbons (Fsp3) is 0.316. The summed E-state index contributed by atoms with van der Waals surface area (Å²) in [4.78, 5) is 12.6. The number of halogens is 1. The number of benzene rings is 2. The number of carbonyl (C=O) groups excluding carboxylic acids is 1. The fourth-order valence-electron chi connectivity index (χ4n) is 2.87. The van der Waals surface area contributed by atoms with E-state index in [1.807, 2.05) is 42.5 Å². The quantitative estimate of drug-likeness (QED) is 0.843. The van der Waals surface area contributed by atoms with Crippen molar-refractivity contribution in [2.75, 3.05) is 6.54 Å². The first kappa shape index (κ1) is 16.2. The largest absolute Gasteiger partial charge is 0.353 e. The van der Waals surface area contributed by atoms with Gasteiger partial charge in [0, 0.05) is 16.4 Å². The summed E-state index contributed by atoms with van der Waals surface area (Å²) in [6, 6.07) is 18.0. The molecule has 0 aromatic heterocycles. The average molecular weight is 373 g/mol. The van der Waals surface area contributed by atoms with Crippen LogP contribution in [0.25, 0.3) is 0 Å². The van der Waals surface area contributed by atoms with Crippen LogP contribution in [0.1, 0.15) is 30.9 Å². The van der Waals surface area contributed by atoms with Crippen LogP contribution in [0.15, 0.2) is 59.1 Å². The van der Waals surface area contributed by atoms with E-state index in [9.17, 15) is 4.79 Å². The van der Waals surface area contributed by atoms with Gasteiger partial charge in [-0.3, -0.25) is 4.79 Å². The highest BCUT2D eigenvalue weighted by Gasteiger charge is 2.45. The van der Waals surface area contributed by atoms with E-state index in [1.54, 1.807) is 6.92 Å². The van der Waals surface area contributed by atoms with Crippen LogP contribution >= 0.6 is 15.9 Å². The van der Waals surface area contributed by atoms with Gasteiger partial charge in [-0.2, -0.15) is 0 Å². The number of hydrogen-bond donors (Lipinski definition) is 2. The van der Waals surface area contributed by atoms with E-state index >= 15 is 0 Å². The number of nitrogens with two attached hydrogens (primary N) is 1. The Hall–Kier alpha value is -1.65. The first-order chi connectivity index (χ1) is 10.9.